The molecule has 6 nitrogen and oxygen atoms in total. The summed E-state index contributed by atoms with van der Waals surface area (Å²) in [5.41, 5.74) is 5.94. The van der Waals surface area contributed by atoms with E-state index < -0.39 is 0 Å². The van der Waals surface area contributed by atoms with Crippen LogP contribution in [0.25, 0.3) is 16.9 Å². The molecule has 4 aromatic rings. The van der Waals surface area contributed by atoms with E-state index in [0.717, 1.165) is 30.9 Å². The van der Waals surface area contributed by atoms with Gasteiger partial charge in [0.2, 0.25) is 0 Å². The molecule has 3 aromatic heterocycles. The first-order valence-corrected chi connectivity index (χ1v) is 10.2. The average molecular weight is 384 g/mol. The third kappa shape index (κ3) is 3.76. The van der Waals surface area contributed by atoms with Crippen LogP contribution in [0.2, 0.25) is 0 Å². The van der Waals surface area contributed by atoms with Crippen LogP contribution in [0.5, 0.6) is 0 Å². The predicted molar refractivity (Wildman–Crippen MR) is 112 cm³/mol. The molecule has 0 spiro atoms. The number of hydrogen-bond acceptors (Lipinski definition) is 5. The summed E-state index contributed by atoms with van der Waals surface area (Å²) in [5.74, 6) is 1.14. The van der Waals surface area contributed by atoms with Gasteiger partial charge in [-0.15, -0.1) is 0 Å². The smallest absolute Gasteiger partial charge is 0.252 e. The fraction of sp³-hybridized carbons (Fsp3) is 0.304. The third-order valence-electron chi connectivity index (χ3n) is 5.66. The van der Waals surface area contributed by atoms with E-state index in [1.54, 1.807) is 6.33 Å². The Kier molecular flexibility index (Phi) is 4.77. The van der Waals surface area contributed by atoms with E-state index in [2.05, 4.69) is 61.3 Å². The summed E-state index contributed by atoms with van der Waals surface area (Å²) in [6.07, 6.45) is 7.68. The highest BCUT2D eigenvalue weighted by Crippen LogP contribution is 2.28. The third-order valence-corrected chi connectivity index (χ3v) is 5.66. The number of aryl methyl sites for hydroxylation is 1. The number of fused-ring (bicyclic) bond motifs is 1. The number of pyridine rings is 1. The van der Waals surface area contributed by atoms with Gasteiger partial charge >= 0.3 is 0 Å². The summed E-state index contributed by atoms with van der Waals surface area (Å²) >= 11 is 0. The van der Waals surface area contributed by atoms with Crippen LogP contribution < -0.4 is 0 Å². The van der Waals surface area contributed by atoms with Gasteiger partial charge in [-0.05, 0) is 61.2 Å². The van der Waals surface area contributed by atoms with Crippen molar-refractivity contribution < 1.29 is 0 Å². The van der Waals surface area contributed by atoms with E-state index in [1.165, 1.54) is 29.7 Å². The first-order chi connectivity index (χ1) is 14.3. The van der Waals surface area contributed by atoms with Crippen molar-refractivity contribution in [3.8, 4) is 11.1 Å². The van der Waals surface area contributed by atoms with E-state index in [-0.39, 0.29) is 0 Å². The number of nitrogens with zero attached hydrogens (tertiary/aromatic N) is 6. The van der Waals surface area contributed by atoms with E-state index in [0.29, 0.717) is 11.7 Å². The van der Waals surface area contributed by atoms with Gasteiger partial charge in [-0.2, -0.15) is 10.1 Å². The molecule has 5 rings (SSSR count). The normalized spacial score (nSPS) is 17.6. The molecule has 29 heavy (non-hydrogen) atoms. The molecule has 0 bridgehead atoms. The maximum absolute atomic E-state index is 4.49. The monoisotopic (exact) mass is 384 g/mol. The van der Waals surface area contributed by atoms with Crippen molar-refractivity contribution in [1.82, 2.24) is 29.5 Å². The molecule has 1 aliphatic rings. The van der Waals surface area contributed by atoms with Crippen LogP contribution in [0.4, 0.5) is 0 Å². The van der Waals surface area contributed by atoms with Gasteiger partial charge in [0.25, 0.3) is 5.78 Å². The van der Waals surface area contributed by atoms with Crippen LogP contribution in [0.1, 0.15) is 35.7 Å². The molecule has 0 amide bonds. The fourth-order valence-corrected chi connectivity index (χ4v) is 4.33. The van der Waals surface area contributed by atoms with Crippen LogP contribution in [-0.4, -0.2) is 42.6 Å². The zero-order valence-corrected chi connectivity index (χ0v) is 16.6. The Labute approximate surface area is 170 Å². The minimum absolute atomic E-state index is 0.441. The van der Waals surface area contributed by atoms with Gasteiger partial charge in [0.1, 0.15) is 6.33 Å². The number of likely N-dealkylation sites (tertiary alicyclic amines) is 1. The molecule has 1 saturated heterocycles. The van der Waals surface area contributed by atoms with Gasteiger partial charge in [-0.25, -0.2) is 9.50 Å². The topological polar surface area (TPSA) is 59.2 Å². The minimum Gasteiger partial charge on any atom is -0.298 e. The van der Waals surface area contributed by atoms with Gasteiger partial charge in [0, 0.05) is 37.1 Å². The van der Waals surface area contributed by atoms with Crippen LogP contribution in [-0.2, 0) is 6.54 Å². The summed E-state index contributed by atoms with van der Waals surface area (Å²) in [6, 6.07) is 15.1. The lowest BCUT2D eigenvalue weighted by atomic mass is 9.93. The molecule has 1 atom stereocenters. The van der Waals surface area contributed by atoms with Crippen molar-refractivity contribution >= 4 is 5.78 Å². The highest BCUT2D eigenvalue weighted by atomic mass is 15.3. The Hall–Kier alpha value is -3.12. The number of benzene rings is 1. The van der Waals surface area contributed by atoms with Crippen LogP contribution in [0.3, 0.4) is 0 Å². The number of piperidine rings is 1. The molecule has 146 valence electrons. The number of hydrogen-bond donors (Lipinski definition) is 0. The predicted octanol–water partition coefficient (Wildman–Crippen LogP) is 3.87. The SMILES string of the molecule is Cc1cc(C2CCCN(Cc3cccc(-c4cccnc4)c3)C2)n2ncnc2n1. The average Bonchev–Trinajstić information content (AvgIpc) is 3.22. The molecule has 1 aliphatic heterocycles. The summed E-state index contributed by atoms with van der Waals surface area (Å²) in [7, 11) is 0. The maximum Gasteiger partial charge on any atom is 0.252 e. The summed E-state index contributed by atoms with van der Waals surface area (Å²) in [5, 5.41) is 4.41. The van der Waals surface area contributed by atoms with Crippen molar-refractivity contribution in [3.05, 3.63) is 78.1 Å². The zero-order chi connectivity index (χ0) is 19.6. The molecular formula is C23H24N6. The number of rotatable bonds is 4. The molecular weight excluding hydrogens is 360 g/mol. The quantitative estimate of drug-likeness (QED) is 0.534. The Morgan fingerprint density at radius 3 is 2.93 bits per heavy atom. The van der Waals surface area contributed by atoms with Crippen molar-refractivity contribution in [3.63, 3.8) is 0 Å². The Morgan fingerprint density at radius 1 is 1.10 bits per heavy atom. The van der Waals surface area contributed by atoms with Crippen LogP contribution in [0.15, 0.2) is 61.2 Å². The van der Waals surface area contributed by atoms with Crippen molar-refractivity contribution in [2.75, 3.05) is 13.1 Å². The Balaban J connectivity index is 1.36. The Bertz CT molecular complexity index is 1120. The van der Waals surface area contributed by atoms with E-state index in [1.807, 2.05) is 29.9 Å². The van der Waals surface area contributed by atoms with Gasteiger partial charge in [0.05, 0.1) is 5.69 Å². The molecule has 1 unspecified atom stereocenters. The highest BCUT2D eigenvalue weighted by Gasteiger charge is 2.24. The standard InChI is InChI=1S/C23H24N6/c1-17-11-22(29-23(27-17)25-16-26-29)21-8-4-10-28(15-21)14-18-5-2-6-19(12-18)20-7-3-9-24-13-20/h2-3,5-7,9,11-13,16,21H,4,8,10,14-15H2,1H3. The molecule has 1 aromatic carbocycles. The summed E-state index contributed by atoms with van der Waals surface area (Å²) < 4.78 is 1.91. The molecule has 0 saturated carbocycles. The number of aromatic nitrogens is 5. The maximum atomic E-state index is 4.49. The molecule has 0 radical (unpaired) electrons. The van der Waals surface area contributed by atoms with Gasteiger partial charge in [0.15, 0.2) is 0 Å². The first-order valence-electron chi connectivity index (χ1n) is 10.2. The Morgan fingerprint density at radius 2 is 2.03 bits per heavy atom. The largest absolute Gasteiger partial charge is 0.298 e. The lowest BCUT2D eigenvalue weighted by molar-refractivity contribution is 0.197. The van der Waals surface area contributed by atoms with Crippen LogP contribution >= 0.6 is 0 Å². The zero-order valence-electron chi connectivity index (χ0n) is 16.6. The minimum atomic E-state index is 0.441. The molecule has 4 heterocycles. The first kappa shape index (κ1) is 17.9. The van der Waals surface area contributed by atoms with Gasteiger partial charge in [-0.1, -0.05) is 24.3 Å². The molecule has 6 heteroatoms. The van der Waals surface area contributed by atoms with Gasteiger partial charge < -0.3 is 0 Å². The fourth-order valence-electron chi connectivity index (χ4n) is 4.33. The second kappa shape index (κ2) is 7.72. The molecule has 1 fully saturated rings. The second-order valence-corrected chi connectivity index (χ2v) is 7.81. The lowest BCUT2D eigenvalue weighted by Crippen LogP contribution is -2.34. The van der Waals surface area contributed by atoms with Crippen LogP contribution in [0, 0.1) is 6.92 Å². The molecule has 0 aliphatic carbocycles. The highest BCUT2D eigenvalue weighted by molar-refractivity contribution is 5.62. The van der Waals surface area contributed by atoms with E-state index in [4.69, 9.17) is 0 Å². The van der Waals surface area contributed by atoms with Gasteiger partial charge in [-0.3, -0.25) is 9.88 Å². The van der Waals surface area contributed by atoms with Crippen molar-refractivity contribution in [1.29, 1.82) is 0 Å². The van der Waals surface area contributed by atoms with E-state index in [9.17, 15) is 0 Å². The molecule has 0 N–H and O–H groups in total. The summed E-state index contributed by atoms with van der Waals surface area (Å²) in [6.45, 7) is 5.13. The van der Waals surface area contributed by atoms with Crippen molar-refractivity contribution in [2.45, 2.75) is 32.2 Å². The van der Waals surface area contributed by atoms with E-state index >= 15 is 0 Å². The summed E-state index contributed by atoms with van der Waals surface area (Å²) in [4.78, 5) is 15.6. The lowest BCUT2D eigenvalue weighted by Gasteiger charge is -2.33. The van der Waals surface area contributed by atoms with Crippen molar-refractivity contribution in [2.24, 2.45) is 0 Å². The second-order valence-electron chi connectivity index (χ2n) is 7.81.